The molecule has 4 aromatic rings. The molecule has 10 nitrogen and oxygen atoms in total. The van der Waals surface area contributed by atoms with Crippen LogP contribution in [0.1, 0.15) is 43.7 Å². The van der Waals surface area contributed by atoms with Gasteiger partial charge in [0.05, 0.1) is 24.2 Å². The number of hydrogen-bond acceptors (Lipinski definition) is 7. The fourth-order valence-corrected chi connectivity index (χ4v) is 5.79. The first-order valence-corrected chi connectivity index (χ1v) is 15.9. The third-order valence-corrected chi connectivity index (χ3v) is 8.19. The summed E-state index contributed by atoms with van der Waals surface area (Å²) in [6.45, 7) is 4.52. The molecule has 2 heterocycles. The van der Waals surface area contributed by atoms with Crippen LogP contribution in [0.4, 0.5) is 23.7 Å². The molecule has 1 N–H and O–H groups in total. The van der Waals surface area contributed by atoms with Gasteiger partial charge >= 0.3 is 12.4 Å². The Hall–Kier alpha value is -4.85. The number of amides is 3. The molecule has 0 unspecified atom stereocenters. The topological polar surface area (TPSA) is 111 Å². The van der Waals surface area contributed by atoms with Gasteiger partial charge in [-0.05, 0) is 66.6 Å². The van der Waals surface area contributed by atoms with Crippen LogP contribution >= 0.6 is 11.8 Å². The number of carbonyl (C=O) groups excluding carboxylic acids is 2. The van der Waals surface area contributed by atoms with Crippen LogP contribution in [0.2, 0.25) is 0 Å². The van der Waals surface area contributed by atoms with Crippen molar-refractivity contribution in [2.45, 2.75) is 45.4 Å². The van der Waals surface area contributed by atoms with E-state index in [1.807, 2.05) is 50.2 Å². The smallest absolute Gasteiger partial charge is 0.497 e. The predicted molar refractivity (Wildman–Crippen MR) is 174 cm³/mol. The third kappa shape index (κ3) is 8.70. The SMILES string of the molecule is COc1ccc(C(C)C)c(N2C(=O)CSC2=NC(=O)NCCCCc2ccc(-c3ncn(-c4ccc(OC(F)(F)F)cc4)n3)cc2)c1. The number of carbonyl (C=O) groups is 2. The minimum atomic E-state index is -4.75. The van der Waals surface area contributed by atoms with E-state index in [-0.39, 0.29) is 23.3 Å². The Labute approximate surface area is 274 Å². The molecule has 0 spiro atoms. The molecule has 1 aliphatic heterocycles. The zero-order valence-corrected chi connectivity index (χ0v) is 26.8. The number of amidine groups is 1. The summed E-state index contributed by atoms with van der Waals surface area (Å²) >= 11 is 1.23. The minimum Gasteiger partial charge on any atom is -0.497 e. The summed E-state index contributed by atoms with van der Waals surface area (Å²) in [5.74, 6) is 0.997. The molecule has 246 valence electrons. The van der Waals surface area contributed by atoms with Gasteiger partial charge in [-0.3, -0.25) is 9.69 Å². The lowest BCUT2D eigenvalue weighted by Crippen LogP contribution is -2.32. The van der Waals surface area contributed by atoms with E-state index < -0.39 is 12.4 Å². The number of aryl methyl sites for hydroxylation is 1. The molecule has 1 aliphatic rings. The van der Waals surface area contributed by atoms with Crippen molar-refractivity contribution in [2.24, 2.45) is 4.99 Å². The highest BCUT2D eigenvalue weighted by Crippen LogP contribution is 2.36. The predicted octanol–water partition coefficient (Wildman–Crippen LogP) is 7.13. The number of anilines is 1. The van der Waals surface area contributed by atoms with E-state index in [0.717, 1.165) is 36.0 Å². The van der Waals surface area contributed by atoms with Crippen molar-refractivity contribution in [3.63, 3.8) is 0 Å². The number of halogens is 3. The number of unbranched alkanes of at least 4 members (excludes halogenated alkanes) is 1. The molecular formula is C33H33F3N6O4S. The molecular weight excluding hydrogens is 633 g/mol. The van der Waals surface area contributed by atoms with Crippen LogP contribution in [0.15, 0.2) is 78.0 Å². The molecule has 0 saturated carbocycles. The van der Waals surface area contributed by atoms with Crippen LogP contribution in [-0.4, -0.2) is 57.6 Å². The third-order valence-electron chi connectivity index (χ3n) is 7.27. The monoisotopic (exact) mass is 666 g/mol. The highest BCUT2D eigenvalue weighted by Gasteiger charge is 2.33. The Kier molecular flexibility index (Phi) is 10.5. The van der Waals surface area contributed by atoms with Gasteiger partial charge in [-0.25, -0.2) is 14.5 Å². The van der Waals surface area contributed by atoms with E-state index in [4.69, 9.17) is 4.74 Å². The fourth-order valence-electron chi connectivity index (χ4n) is 4.93. The first-order chi connectivity index (χ1) is 22.5. The quantitative estimate of drug-likeness (QED) is 0.170. The maximum Gasteiger partial charge on any atom is 0.573 e. The molecule has 3 amide bonds. The number of aromatic nitrogens is 3. The molecule has 1 aromatic heterocycles. The van der Waals surface area contributed by atoms with Crippen molar-refractivity contribution in [3.05, 3.63) is 84.2 Å². The Morgan fingerprint density at radius 1 is 1.04 bits per heavy atom. The molecule has 0 radical (unpaired) electrons. The number of ether oxygens (including phenoxy) is 2. The standard InChI is InChI=1S/C33H33F3N6O4S/c1-21(2)27-16-15-26(45-3)18-28(27)42-29(43)19-47-32(42)39-31(44)37-17-5-4-6-22-7-9-23(10-8-22)30-38-20-41(40-30)24-11-13-25(14-12-24)46-33(34,35)36/h7-16,18,20-21H,4-6,17,19H2,1-3H3,(H,37,44). The second-order valence-corrected chi connectivity index (χ2v) is 11.9. The minimum absolute atomic E-state index is 0.139. The van der Waals surface area contributed by atoms with Crippen molar-refractivity contribution in [2.75, 3.05) is 24.3 Å². The number of nitrogens with one attached hydrogen (secondary N) is 1. The zero-order valence-electron chi connectivity index (χ0n) is 26.0. The summed E-state index contributed by atoms with van der Waals surface area (Å²) in [5.41, 5.74) is 4.07. The van der Waals surface area contributed by atoms with Crippen LogP contribution in [0.5, 0.6) is 11.5 Å². The van der Waals surface area contributed by atoms with Gasteiger partial charge in [-0.2, -0.15) is 4.99 Å². The van der Waals surface area contributed by atoms with E-state index in [1.165, 1.54) is 51.9 Å². The second kappa shape index (κ2) is 14.7. The number of aliphatic imine (C=N–C) groups is 1. The lowest BCUT2D eigenvalue weighted by Gasteiger charge is -2.22. The summed E-state index contributed by atoms with van der Waals surface area (Å²) in [5, 5.41) is 7.60. The summed E-state index contributed by atoms with van der Waals surface area (Å²) in [4.78, 5) is 35.5. The van der Waals surface area contributed by atoms with E-state index >= 15 is 0 Å². The summed E-state index contributed by atoms with van der Waals surface area (Å²) in [6.07, 6.45) is -0.898. The highest BCUT2D eigenvalue weighted by atomic mass is 32.2. The molecule has 47 heavy (non-hydrogen) atoms. The van der Waals surface area contributed by atoms with Gasteiger partial charge in [-0.1, -0.05) is 55.9 Å². The zero-order chi connectivity index (χ0) is 33.6. The van der Waals surface area contributed by atoms with Gasteiger partial charge in [0.25, 0.3) is 0 Å². The number of urea groups is 1. The first-order valence-electron chi connectivity index (χ1n) is 14.9. The number of benzene rings is 3. The Morgan fingerprint density at radius 3 is 2.45 bits per heavy atom. The number of methoxy groups -OCH3 is 1. The Morgan fingerprint density at radius 2 is 1.77 bits per heavy atom. The number of nitrogens with zero attached hydrogens (tertiary/aromatic N) is 5. The molecule has 0 atom stereocenters. The molecule has 0 bridgehead atoms. The Balaban J connectivity index is 1.10. The number of alkyl halides is 3. The average molecular weight is 667 g/mol. The summed E-state index contributed by atoms with van der Waals surface area (Å²) in [6, 6.07) is 18.2. The van der Waals surface area contributed by atoms with Crippen molar-refractivity contribution in [1.82, 2.24) is 20.1 Å². The molecule has 1 fully saturated rings. The van der Waals surface area contributed by atoms with Crippen molar-refractivity contribution in [3.8, 4) is 28.6 Å². The van der Waals surface area contributed by atoms with E-state index in [2.05, 4.69) is 25.1 Å². The lowest BCUT2D eigenvalue weighted by atomic mass is 10.00. The van der Waals surface area contributed by atoms with Gasteiger partial charge in [0, 0.05) is 18.2 Å². The van der Waals surface area contributed by atoms with E-state index in [1.54, 1.807) is 13.2 Å². The molecule has 14 heteroatoms. The van der Waals surface area contributed by atoms with E-state index in [9.17, 15) is 22.8 Å². The Bertz CT molecular complexity index is 1740. The van der Waals surface area contributed by atoms with E-state index in [0.29, 0.717) is 34.7 Å². The largest absolute Gasteiger partial charge is 0.573 e. The number of hydrogen-bond donors (Lipinski definition) is 1. The van der Waals surface area contributed by atoms with Crippen LogP contribution in [0.25, 0.3) is 17.1 Å². The summed E-state index contributed by atoms with van der Waals surface area (Å²) < 4.78 is 48.0. The number of rotatable bonds is 11. The summed E-state index contributed by atoms with van der Waals surface area (Å²) in [7, 11) is 1.57. The van der Waals surface area contributed by atoms with Crippen molar-refractivity contribution < 1.29 is 32.2 Å². The van der Waals surface area contributed by atoms with Gasteiger partial charge in [0.15, 0.2) is 11.0 Å². The van der Waals surface area contributed by atoms with Gasteiger partial charge in [0.2, 0.25) is 5.91 Å². The van der Waals surface area contributed by atoms with Crippen LogP contribution in [-0.2, 0) is 11.2 Å². The average Bonchev–Trinajstić information content (AvgIpc) is 3.67. The molecule has 5 rings (SSSR count). The maximum atomic E-state index is 12.8. The lowest BCUT2D eigenvalue weighted by molar-refractivity contribution is -0.274. The maximum absolute atomic E-state index is 12.8. The highest BCUT2D eigenvalue weighted by molar-refractivity contribution is 8.15. The van der Waals surface area contributed by atoms with Crippen LogP contribution in [0, 0.1) is 0 Å². The van der Waals surface area contributed by atoms with Crippen molar-refractivity contribution in [1.29, 1.82) is 0 Å². The number of thioether (sulfide) groups is 1. The van der Waals surface area contributed by atoms with Crippen LogP contribution < -0.4 is 19.7 Å². The van der Waals surface area contributed by atoms with Crippen LogP contribution in [0.3, 0.4) is 0 Å². The molecule has 0 aliphatic carbocycles. The second-order valence-electron chi connectivity index (χ2n) is 10.9. The fraction of sp³-hybridized carbons (Fsp3) is 0.303. The van der Waals surface area contributed by atoms with Gasteiger partial charge in [-0.15, -0.1) is 18.3 Å². The normalized spacial score (nSPS) is 14.2. The molecule has 1 saturated heterocycles. The van der Waals surface area contributed by atoms with Gasteiger partial charge in [0.1, 0.15) is 17.8 Å². The molecule has 3 aromatic carbocycles. The first kappa shape index (κ1) is 33.5. The van der Waals surface area contributed by atoms with Gasteiger partial charge < -0.3 is 14.8 Å². The van der Waals surface area contributed by atoms with Crippen molar-refractivity contribution >= 4 is 34.6 Å².